The third-order valence-corrected chi connectivity index (χ3v) is 5.67. The van der Waals surface area contributed by atoms with Gasteiger partial charge in [-0.3, -0.25) is 9.50 Å². The Morgan fingerprint density at radius 3 is 2.41 bits per heavy atom. The first-order valence-corrected chi connectivity index (χ1v) is 9.41. The van der Waals surface area contributed by atoms with Crippen molar-refractivity contribution in [2.24, 2.45) is 0 Å². The highest BCUT2D eigenvalue weighted by atomic mass is 35.5. The van der Waals surface area contributed by atoms with Gasteiger partial charge in [-0.2, -0.15) is 5.10 Å². The van der Waals surface area contributed by atoms with Crippen molar-refractivity contribution in [1.29, 1.82) is 0 Å². The molecule has 29 heavy (non-hydrogen) atoms. The van der Waals surface area contributed by atoms with Crippen LogP contribution in [-0.2, 0) is 0 Å². The summed E-state index contributed by atoms with van der Waals surface area (Å²) in [6.45, 7) is 0. The summed E-state index contributed by atoms with van der Waals surface area (Å²) in [5.74, 6) is -0.265. The van der Waals surface area contributed by atoms with Crippen LogP contribution in [0.2, 0.25) is 4.34 Å². The number of hydrogen-bond donors (Lipinski definition) is 1. The zero-order valence-electron chi connectivity index (χ0n) is 14.7. The van der Waals surface area contributed by atoms with E-state index < -0.39 is 0 Å². The highest BCUT2D eigenvalue weighted by Crippen LogP contribution is 2.34. The van der Waals surface area contributed by atoms with Crippen LogP contribution in [0.5, 0.6) is 0 Å². The number of H-pyrrole nitrogens is 1. The molecule has 0 aliphatic carbocycles. The van der Waals surface area contributed by atoms with E-state index in [-0.39, 0.29) is 30.6 Å². The van der Waals surface area contributed by atoms with E-state index in [1.165, 1.54) is 23.5 Å². The van der Waals surface area contributed by atoms with Crippen LogP contribution < -0.4 is 0 Å². The van der Waals surface area contributed by atoms with E-state index in [2.05, 4.69) is 15.2 Å². The van der Waals surface area contributed by atoms with Crippen LogP contribution in [0.25, 0.3) is 38.6 Å². The summed E-state index contributed by atoms with van der Waals surface area (Å²) in [5, 5.41) is 7.21. The number of aromatic nitrogens is 4. The van der Waals surface area contributed by atoms with Crippen LogP contribution in [-0.4, -0.2) is 19.6 Å². The van der Waals surface area contributed by atoms with Gasteiger partial charge in [0.15, 0.2) is 0 Å². The van der Waals surface area contributed by atoms with E-state index in [1.807, 2.05) is 41.1 Å². The molecule has 4 heterocycles. The molecule has 0 bridgehead atoms. The summed E-state index contributed by atoms with van der Waals surface area (Å²) >= 11 is 7.61. The van der Waals surface area contributed by atoms with Crippen molar-refractivity contribution >= 4 is 53.4 Å². The molecule has 5 rings (SSSR count). The molecule has 0 amide bonds. The van der Waals surface area contributed by atoms with Gasteiger partial charge in [-0.25, -0.2) is 9.37 Å². The number of imidazole rings is 1. The first-order chi connectivity index (χ1) is 13.2. The molecule has 0 aliphatic rings. The fourth-order valence-corrected chi connectivity index (χ4v) is 4.17. The van der Waals surface area contributed by atoms with Gasteiger partial charge in [0.05, 0.1) is 33.0 Å². The molecule has 0 unspecified atom stereocenters. The number of aromatic amines is 1. The topological polar surface area (TPSA) is 46.0 Å². The normalized spacial score (nSPS) is 10.6. The maximum Gasteiger partial charge on any atom is 0.137 e. The Hall–Kier alpha value is -2.38. The molecule has 1 aromatic carbocycles. The standard InChI is InChI=1S/C20H12ClFN4S.2ClH/c21-18-7-6-17(27-18)16-10-23-19-8-3-13(11-26(16)19)15-9-24-25-20(15)12-1-4-14(22)5-2-12;;/h1-11H,(H,24,25);2*1H. The molecular weight excluding hydrogens is 454 g/mol. The first-order valence-electron chi connectivity index (χ1n) is 8.21. The molecule has 9 heteroatoms. The predicted molar refractivity (Wildman–Crippen MR) is 121 cm³/mol. The molecule has 0 aliphatic heterocycles. The van der Waals surface area contributed by atoms with Gasteiger partial charge in [0.1, 0.15) is 11.5 Å². The average Bonchev–Trinajstić information content (AvgIpc) is 3.40. The molecule has 5 aromatic rings. The summed E-state index contributed by atoms with van der Waals surface area (Å²) in [6.07, 6.45) is 5.65. The fraction of sp³-hybridized carbons (Fsp3) is 0. The number of halogens is 4. The van der Waals surface area contributed by atoms with E-state index in [9.17, 15) is 4.39 Å². The van der Waals surface area contributed by atoms with Crippen molar-refractivity contribution in [3.63, 3.8) is 0 Å². The van der Waals surface area contributed by atoms with Crippen LogP contribution in [0.4, 0.5) is 4.39 Å². The van der Waals surface area contributed by atoms with Gasteiger partial charge in [-0.05, 0) is 48.5 Å². The van der Waals surface area contributed by atoms with Crippen molar-refractivity contribution in [3.8, 4) is 33.0 Å². The molecule has 0 atom stereocenters. The van der Waals surface area contributed by atoms with Gasteiger partial charge in [-0.15, -0.1) is 36.2 Å². The van der Waals surface area contributed by atoms with E-state index in [0.717, 1.165) is 42.9 Å². The number of nitrogens with one attached hydrogen (secondary N) is 1. The smallest absolute Gasteiger partial charge is 0.137 e. The zero-order valence-corrected chi connectivity index (χ0v) is 17.9. The van der Waals surface area contributed by atoms with Crippen LogP contribution in [0, 0.1) is 5.82 Å². The lowest BCUT2D eigenvalue weighted by Gasteiger charge is -2.06. The Labute approximate surface area is 187 Å². The summed E-state index contributed by atoms with van der Waals surface area (Å²) in [7, 11) is 0. The SMILES string of the molecule is Cl.Cl.Fc1ccc(-c2[nH]ncc2-c2ccc3ncc(-c4ccc(Cl)s4)n3c2)cc1. The number of benzene rings is 1. The Morgan fingerprint density at radius 2 is 1.69 bits per heavy atom. The summed E-state index contributed by atoms with van der Waals surface area (Å²) in [5.41, 5.74) is 5.47. The Kier molecular flexibility index (Phi) is 6.29. The maximum absolute atomic E-state index is 13.3. The summed E-state index contributed by atoms with van der Waals surface area (Å²) in [6, 6.07) is 14.2. The summed E-state index contributed by atoms with van der Waals surface area (Å²) < 4.78 is 16.0. The van der Waals surface area contributed by atoms with Crippen LogP contribution in [0.3, 0.4) is 0 Å². The minimum absolute atomic E-state index is 0. The number of nitrogens with zero attached hydrogens (tertiary/aromatic N) is 3. The predicted octanol–water partition coefficient (Wildman–Crippen LogP) is 6.76. The van der Waals surface area contributed by atoms with Crippen molar-refractivity contribution in [2.75, 3.05) is 0 Å². The van der Waals surface area contributed by atoms with E-state index in [4.69, 9.17) is 11.6 Å². The molecule has 0 radical (unpaired) electrons. The lowest BCUT2D eigenvalue weighted by atomic mass is 10.0. The average molecular weight is 468 g/mol. The molecular formula is C20H14Cl3FN4S. The van der Waals surface area contributed by atoms with Gasteiger partial charge >= 0.3 is 0 Å². The second kappa shape index (κ2) is 8.55. The Bertz CT molecular complexity index is 1260. The number of hydrogen-bond acceptors (Lipinski definition) is 3. The molecule has 1 N–H and O–H groups in total. The van der Waals surface area contributed by atoms with Gasteiger partial charge in [0.2, 0.25) is 0 Å². The van der Waals surface area contributed by atoms with Crippen LogP contribution in [0.1, 0.15) is 0 Å². The van der Waals surface area contributed by atoms with Crippen molar-refractivity contribution in [1.82, 2.24) is 19.6 Å². The zero-order chi connectivity index (χ0) is 18.4. The second-order valence-electron chi connectivity index (χ2n) is 6.06. The second-order valence-corrected chi connectivity index (χ2v) is 7.77. The molecule has 4 nitrogen and oxygen atoms in total. The van der Waals surface area contributed by atoms with Gasteiger partial charge in [0, 0.05) is 22.9 Å². The van der Waals surface area contributed by atoms with Crippen molar-refractivity contribution in [2.45, 2.75) is 0 Å². The van der Waals surface area contributed by atoms with E-state index in [1.54, 1.807) is 18.3 Å². The van der Waals surface area contributed by atoms with Crippen LogP contribution >= 0.6 is 47.8 Å². The van der Waals surface area contributed by atoms with Gasteiger partial charge in [-0.1, -0.05) is 11.6 Å². The number of rotatable bonds is 3. The third kappa shape index (κ3) is 3.89. The monoisotopic (exact) mass is 466 g/mol. The lowest BCUT2D eigenvalue weighted by molar-refractivity contribution is 0.628. The molecule has 4 aromatic heterocycles. The van der Waals surface area contributed by atoms with Crippen molar-refractivity contribution < 1.29 is 4.39 Å². The fourth-order valence-electron chi connectivity index (χ4n) is 3.12. The quantitative estimate of drug-likeness (QED) is 0.319. The maximum atomic E-state index is 13.3. The largest absolute Gasteiger partial charge is 0.298 e. The van der Waals surface area contributed by atoms with Gasteiger partial charge < -0.3 is 0 Å². The molecule has 0 saturated carbocycles. The first kappa shape index (κ1) is 21.3. The third-order valence-electron chi connectivity index (χ3n) is 4.41. The summed E-state index contributed by atoms with van der Waals surface area (Å²) in [4.78, 5) is 5.53. The minimum atomic E-state index is -0.265. The molecule has 0 fully saturated rings. The van der Waals surface area contributed by atoms with Crippen LogP contribution in [0.15, 0.2) is 67.1 Å². The van der Waals surface area contributed by atoms with Gasteiger partial charge in [0.25, 0.3) is 0 Å². The Morgan fingerprint density at radius 1 is 0.931 bits per heavy atom. The molecule has 0 saturated heterocycles. The Balaban J connectivity index is 0.00000120. The molecule has 148 valence electrons. The minimum Gasteiger partial charge on any atom is -0.298 e. The van der Waals surface area contributed by atoms with E-state index in [0.29, 0.717) is 0 Å². The molecule has 0 spiro atoms. The number of pyridine rings is 1. The van der Waals surface area contributed by atoms with E-state index >= 15 is 0 Å². The van der Waals surface area contributed by atoms with Crippen molar-refractivity contribution in [3.05, 3.63) is 77.3 Å². The highest BCUT2D eigenvalue weighted by Gasteiger charge is 2.13. The highest BCUT2D eigenvalue weighted by molar-refractivity contribution is 7.19. The lowest BCUT2D eigenvalue weighted by Crippen LogP contribution is -1.90. The number of fused-ring (bicyclic) bond motifs is 1. The number of thiophene rings is 1.